The first-order valence-corrected chi connectivity index (χ1v) is 9.42. The molecule has 26 heavy (non-hydrogen) atoms. The van der Waals surface area contributed by atoms with E-state index in [1.165, 1.54) is 19.2 Å². The highest BCUT2D eigenvalue weighted by atomic mass is 32.2. The fourth-order valence-electron chi connectivity index (χ4n) is 2.49. The van der Waals surface area contributed by atoms with E-state index >= 15 is 0 Å². The normalized spacial score (nSPS) is 12.3. The number of carbonyl (C=O) groups is 1. The monoisotopic (exact) mass is 378 g/mol. The number of amides is 1. The summed E-state index contributed by atoms with van der Waals surface area (Å²) in [6.45, 7) is 1.81. The third kappa shape index (κ3) is 4.96. The summed E-state index contributed by atoms with van der Waals surface area (Å²) < 4.78 is 33.0. The van der Waals surface area contributed by atoms with Crippen LogP contribution in [0.5, 0.6) is 11.5 Å². The maximum atomic E-state index is 12.3. The van der Waals surface area contributed by atoms with Gasteiger partial charge in [-0.2, -0.15) is 0 Å². The molecule has 2 aromatic rings. The third-order valence-corrected chi connectivity index (χ3v) is 4.86. The molecular formula is C18H22N2O5S. The average Bonchev–Trinajstić information content (AvgIpc) is 2.61. The minimum absolute atomic E-state index is 0.0303. The largest absolute Gasteiger partial charge is 0.497 e. The Balaban J connectivity index is 2.05. The first-order chi connectivity index (χ1) is 12.2. The molecular weight excluding hydrogens is 356 g/mol. The van der Waals surface area contributed by atoms with Crippen LogP contribution in [0.1, 0.15) is 24.1 Å². The van der Waals surface area contributed by atoms with Crippen LogP contribution in [-0.2, 0) is 21.2 Å². The van der Waals surface area contributed by atoms with Gasteiger partial charge in [-0.1, -0.05) is 18.2 Å². The summed E-state index contributed by atoms with van der Waals surface area (Å²) in [6, 6.07) is 11.1. The first kappa shape index (κ1) is 19.7. The van der Waals surface area contributed by atoms with Crippen molar-refractivity contribution in [3.8, 4) is 11.5 Å². The molecule has 7 nitrogen and oxygen atoms in total. The lowest BCUT2D eigenvalue weighted by molar-refractivity contribution is -0.121. The lowest BCUT2D eigenvalue weighted by Crippen LogP contribution is -2.28. The van der Waals surface area contributed by atoms with Crippen LogP contribution in [0.25, 0.3) is 0 Å². The van der Waals surface area contributed by atoms with Gasteiger partial charge in [0.2, 0.25) is 15.9 Å². The van der Waals surface area contributed by atoms with Crippen LogP contribution in [0.15, 0.2) is 47.4 Å². The molecule has 3 N–H and O–H groups in total. The maximum Gasteiger partial charge on any atom is 0.238 e. The Morgan fingerprint density at radius 2 is 1.77 bits per heavy atom. The van der Waals surface area contributed by atoms with Crippen LogP contribution in [0, 0.1) is 0 Å². The molecule has 1 amide bonds. The van der Waals surface area contributed by atoms with Gasteiger partial charge in [0.15, 0.2) is 0 Å². The number of methoxy groups -OCH3 is 2. The molecule has 140 valence electrons. The number of nitrogens with one attached hydrogen (secondary N) is 1. The van der Waals surface area contributed by atoms with Crippen molar-refractivity contribution in [2.24, 2.45) is 5.14 Å². The Morgan fingerprint density at radius 1 is 1.12 bits per heavy atom. The molecule has 0 aliphatic heterocycles. The van der Waals surface area contributed by atoms with Gasteiger partial charge in [0, 0.05) is 11.6 Å². The Bertz CT molecular complexity index is 879. The molecule has 0 saturated heterocycles. The highest BCUT2D eigenvalue weighted by Crippen LogP contribution is 2.25. The van der Waals surface area contributed by atoms with Crippen molar-refractivity contribution in [1.82, 2.24) is 5.32 Å². The van der Waals surface area contributed by atoms with E-state index in [1.54, 1.807) is 37.4 Å². The molecule has 0 aliphatic rings. The Labute approximate surface area is 153 Å². The summed E-state index contributed by atoms with van der Waals surface area (Å²) in [5.41, 5.74) is 1.51. The third-order valence-electron chi connectivity index (χ3n) is 3.93. The van der Waals surface area contributed by atoms with E-state index in [0.29, 0.717) is 11.5 Å². The number of benzene rings is 2. The number of sulfonamides is 1. The number of hydrogen-bond donors (Lipinski definition) is 2. The standard InChI is InChI=1S/C18H22N2O5S/c1-12(13-5-8-16(9-6-13)26(19,22)23)20-18(21)10-14-4-7-15(24-2)11-17(14)25-3/h4-9,11-12H,10H2,1-3H3,(H,20,21)(H2,19,22,23)/t12-/m1/s1. The van der Waals surface area contributed by atoms with Crippen LogP contribution in [0.4, 0.5) is 0 Å². The van der Waals surface area contributed by atoms with E-state index in [1.807, 2.05) is 6.92 Å². The van der Waals surface area contributed by atoms with Gasteiger partial charge in [-0.15, -0.1) is 0 Å². The molecule has 0 aromatic heterocycles. The quantitative estimate of drug-likeness (QED) is 0.763. The predicted octanol–water partition coefficient (Wildman–Crippen LogP) is 1.77. The lowest BCUT2D eigenvalue weighted by Gasteiger charge is -2.16. The fraction of sp³-hybridized carbons (Fsp3) is 0.278. The summed E-state index contributed by atoms with van der Waals surface area (Å²) in [7, 11) is -0.641. The highest BCUT2D eigenvalue weighted by molar-refractivity contribution is 7.89. The topological polar surface area (TPSA) is 108 Å². The van der Waals surface area contributed by atoms with E-state index < -0.39 is 10.0 Å². The fourth-order valence-corrected chi connectivity index (χ4v) is 3.01. The number of ether oxygens (including phenoxy) is 2. The van der Waals surface area contributed by atoms with Gasteiger partial charge in [-0.05, 0) is 30.7 Å². The van der Waals surface area contributed by atoms with E-state index in [-0.39, 0.29) is 23.3 Å². The van der Waals surface area contributed by atoms with E-state index in [0.717, 1.165) is 11.1 Å². The summed E-state index contributed by atoms with van der Waals surface area (Å²) in [5.74, 6) is 1.04. The second-order valence-corrected chi connectivity index (χ2v) is 7.32. The molecule has 0 radical (unpaired) electrons. The molecule has 8 heteroatoms. The van der Waals surface area contributed by atoms with Crippen molar-refractivity contribution in [1.29, 1.82) is 0 Å². The molecule has 1 atom stereocenters. The van der Waals surface area contributed by atoms with Crippen LogP contribution in [0.3, 0.4) is 0 Å². The van der Waals surface area contributed by atoms with Crippen LogP contribution in [0.2, 0.25) is 0 Å². The minimum Gasteiger partial charge on any atom is -0.497 e. The number of primary sulfonamides is 1. The van der Waals surface area contributed by atoms with E-state index in [4.69, 9.17) is 14.6 Å². The molecule has 0 bridgehead atoms. The van der Waals surface area contributed by atoms with Gasteiger partial charge >= 0.3 is 0 Å². The second-order valence-electron chi connectivity index (χ2n) is 5.76. The van der Waals surface area contributed by atoms with Crippen LogP contribution in [-0.4, -0.2) is 28.5 Å². The highest BCUT2D eigenvalue weighted by Gasteiger charge is 2.14. The Morgan fingerprint density at radius 3 is 2.31 bits per heavy atom. The predicted molar refractivity (Wildman–Crippen MR) is 97.6 cm³/mol. The lowest BCUT2D eigenvalue weighted by atomic mass is 10.1. The van der Waals surface area contributed by atoms with Crippen molar-refractivity contribution in [3.63, 3.8) is 0 Å². The Kier molecular flexibility index (Phi) is 6.23. The van der Waals surface area contributed by atoms with Gasteiger partial charge in [0.25, 0.3) is 0 Å². The number of rotatable bonds is 7. The molecule has 0 aliphatic carbocycles. The smallest absolute Gasteiger partial charge is 0.238 e. The van der Waals surface area contributed by atoms with Gasteiger partial charge in [0.05, 0.1) is 31.6 Å². The Hall–Kier alpha value is -2.58. The van der Waals surface area contributed by atoms with E-state index in [2.05, 4.69) is 5.32 Å². The second kappa shape index (κ2) is 8.20. The zero-order valence-corrected chi connectivity index (χ0v) is 15.7. The molecule has 0 heterocycles. The van der Waals surface area contributed by atoms with Gasteiger partial charge in [-0.3, -0.25) is 4.79 Å². The maximum absolute atomic E-state index is 12.3. The number of nitrogens with two attached hydrogens (primary N) is 1. The molecule has 0 spiro atoms. The summed E-state index contributed by atoms with van der Waals surface area (Å²) >= 11 is 0. The summed E-state index contributed by atoms with van der Waals surface area (Å²) in [6.07, 6.45) is 0.146. The van der Waals surface area contributed by atoms with E-state index in [9.17, 15) is 13.2 Å². The summed E-state index contributed by atoms with van der Waals surface area (Å²) in [4.78, 5) is 12.4. The first-order valence-electron chi connectivity index (χ1n) is 7.87. The molecule has 0 saturated carbocycles. The van der Waals surface area contributed by atoms with Crippen molar-refractivity contribution >= 4 is 15.9 Å². The van der Waals surface area contributed by atoms with Gasteiger partial charge in [0.1, 0.15) is 11.5 Å². The number of carbonyl (C=O) groups excluding carboxylic acids is 1. The van der Waals surface area contributed by atoms with Crippen molar-refractivity contribution < 1.29 is 22.7 Å². The average molecular weight is 378 g/mol. The zero-order chi connectivity index (χ0) is 19.3. The van der Waals surface area contributed by atoms with Gasteiger partial charge < -0.3 is 14.8 Å². The van der Waals surface area contributed by atoms with Crippen molar-refractivity contribution in [2.45, 2.75) is 24.3 Å². The number of hydrogen-bond acceptors (Lipinski definition) is 5. The molecule has 2 aromatic carbocycles. The van der Waals surface area contributed by atoms with Crippen molar-refractivity contribution in [2.75, 3.05) is 14.2 Å². The van der Waals surface area contributed by atoms with Gasteiger partial charge in [-0.25, -0.2) is 13.6 Å². The SMILES string of the molecule is COc1ccc(CC(=O)N[C@H](C)c2ccc(S(N)(=O)=O)cc2)c(OC)c1. The van der Waals surface area contributed by atoms with Crippen molar-refractivity contribution in [3.05, 3.63) is 53.6 Å². The molecule has 2 rings (SSSR count). The zero-order valence-electron chi connectivity index (χ0n) is 14.9. The van der Waals surface area contributed by atoms with Crippen LogP contribution >= 0.6 is 0 Å². The summed E-state index contributed by atoms with van der Waals surface area (Å²) in [5, 5.41) is 7.96. The molecule has 0 unspecified atom stereocenters. The molecule has 0 fully saturated rings. The van der Waals surface area contributed by atoms with Crippen LogP contribution < -0.4 is 19.9 Å². The minimum atomic E-state index is -3.73.